The molecule has 0 aliphatic carbocycles. The standard InChI is InChI=1S/C15H30N4/c1-13(2)17-15(3,12-16)8-11-19-9-6-14(7-10-19)18(4)5/h13-14,17H,6-11H2,1-5H3. The number of piperidine rings is 1. The van der Waals surface area contributed by atoms with Gasteiger partial charge in [0.1, 0.15) is 5.54 Å². The van der Waals surface area contributed by atoms with Crippen LogP contribution in [0, 0.1) is 11.3 Å². The van der Waals surface area contributed by atoms with Crippen LogP contribution >= 0.6 is 0 Å². The van der Waals surface area contributed by atoms with Gasteiger partial charge in [0.2, 0.25) is 0 Å². The number of rotatable bonds is 6. The minimum absolute atomic E-state index is 0.351. The van der Waals surface area contributed by atoms with Crippen molar-refractivity contribution in [3.63, 3.8) is 0 Å². The minimum atomic E-state index is -0.396. The molecule has 0 bridgehead atoms. The predicted molar refractivity (Wildman–Crippen MR) is 80.1 cm³/mol. The van der Waals surface area contributed by atoms with Crippen LogP contribution in [0.2, 0.25) is 0 Å². The lowest BCUT2D eigenvalue weighted by atomic mass is 9.97. The monoisotopic (exact) mass is 266 g/mol. The summed E-state index contributed by atoms with van der Waals surface area (Å²) in [5, 5.41) is 12.7. The van der Waals surface area contributed by atoms with Crippen LogP contribution in [-0.4, -0.2) is 61.2 Å². The molecule has 1 unspecified atom stereocenters. The molecule has 0 aromatic carbocycles. The molecule has 0 amide bonds. The Balaban J connectivity index is 2.35. The van der Waals surface area contributed by atoms with E-state index in [0.29, 0.717) is 6.04 Å². The summed E-state index contributed by atoms with van der Waals surface area (Å²) in [6, 6.07) is 3.51. The van der Waals surface area contributed by atoms with Gasteiger partial charge in [0.15, 0.2) is 0 Å². The summed E-state index contributed by atoms with van der Waals surface area (Å²) >= 11 is 0. The minimum Gasteiger partial charge on any atom is -0.306 e. The average Bonchev–Trinajstić information content (AvgIpc) is 2.36. The van der Waals surface area contributed by atoms with Gasteiger partial charge in [0.25, 0.3) is 0 Å². The summed E-state index contributed by atoms with van der Waals surface area (Å²) in [5.41, 5.74) is -0.396. The molecule has 1 aliphatic heterocycles. The van der Waals surface area contributed by atoms with Crippen molar-refractivity contribution in [1.82, 2.24) is 15.1 Å². The Bertz CT molecular complexity index is 300. The predicted octanol–water partition coefficient (Wildman–Crippen LogP) is 1.68. The smallest absolute Gasteiger partial charge is 0.105 e. The molecule has 0 aromatic heterocycles. The molecule has 110 valence electrons. The number of likely N-dealkylation sites (tertiary alicyclic amines) is 1. The second kappa shape index (κ2) is 7.23. The topological polar surface area (TPSA) is 42.3 Å². The zero-order valence-electron chi connectivity index (χ0n) is 13.2. The third-order valence-electron chi connectivity index (χ3n) is 4.07. The SMILES string of the molecule is CC(C)NC(C)(C#N)CCN1CCC(N(C)C)CC1. The Labute approximate surface area is 118 Å². The second-order valence-corrected chi connectivity index (χ2v) is 6.53. The summed E-state index contributed by atoms with van der Waals surface area (Å²) in [5.74, 6) is 0. The van der Waals surface area contributed by atoms with Crippen molar-refractivity contribution in [2.24, 2.45) is 0 Å². The van der Waals surface area contributed by atoms with Gasteiger partial charge in [-0.1, -0.05) is 0 Å². The van der Waals surface area contributed by atoms with Gasteiger partial charge >= 0.3 is 0 Å². The van der Waals surface area contributed by atoms with Crippen molar-refractivity contribution in [3.05, 3.63) is 0 Å². The molecular weight excluding hydrogens is 236 g/mol. The van der Waals surface area contributed by atoms with Crippen molar-refractivity contribution in [2.75, 3.05) is 33.7 Å². The number of nitrogens with one attached hydrogen (secondary N) is 1. The van der Waals surface area contributed by atoms with E-state index in [9.17, 15) is 5.26 Å². The van der Waals surface area contributed by atoms with Crippen LogP contribution in [0.1, 0.15) is 40.0 Å². The fourth-order valence-corrected chi connectivity index (χ4v) is 2.84. The molecule has 0 spiro atoms. The summed E-state index contributed by atoms with van der Waals surface area (Å²) in [4.78, 5) is 4.83. The van der Waals surface area contributed by atoms with E-state index in [1.807, 2.05) is 6.92 Å². The van der Waals surface area contributed by atoms with E-state index < -0.39 is 5.54 Å². The van der Waals surface area contributed by atoms with Gasteiger partial charge in [-0.15, -0.1) is 0 Å². The molecule has 4 heteroatoms. The Hall–Kier alpha value is -0.630. The average molecular weight is 266 g/mol. The van der Waals surface area contributed by atoms with Crippen LogP contribution in [0.25, 0.3) is 0 Å². The molecule has 1 fully saturated rings. The molecule has 1 atom stereocenters. The highest BCUT2D eigenvalue weighted by Crippen LogP contribution is 2.17. The third kappa shape index (κ3) is 5.48. The Kier molecular flexibility index (Phi) is 6.25. The molecule has 1 heterocycles. The fourth-order valence-electron chi connectivity index (χ4n) is 2.84. The maximum atomic E-state index is 9.34. The number of nitriles is 1. The van der Waals surface area contributed by atoms with Crippen molar-refractivity contribution >= 4 is 0 Å². The van der Waals surface area contributed by atoms with Crippen LogP contribution in [0.4, 0.5) is 0 Å². The Morgan fingerprint density at radius 2 is 1.95 bits per heavy atom. The van der Waals surface area contributed by atoms with Crippen molar-refractivity contribution in [3.8, 4) is 6.07 Å². The number of hydrogen-bond acceptors (Lipinski definition) is 4. The van der Waals surface area contributed by atoms with Gasteiger partial charge in [-0.05, 0) is 67.2 Å². The van der Waals surface area contributed by atoms with Crippen LogP contribution in [-0.2, 0) is 0 Å². The van der Waals surface area contributed by atoms with E-state index in [2.05, 4.69) is 49.1 Å². The van der Waals surface area contributed by atoms with Crippen molar-refractivity contribution < 1.29 is 0 Å². The van der Waals surface area contributed by atoms with Gasteiger partial charge in [0.05, 0.1) is 6.07 Å². The maximum Gasteiger partial charge on any atom is 0.105 e. The quantitative estimate of drug-likeness (QED) is 0.794. The van der Waals surface area contributed by atoms with Crippen LogP contribution in [0.3, 0.4) is 0 Å². The molecule has 0 saturated carbocycles. The van der Waals surface area contributed by atoms with Crippen molar-refractivity contribution in [2.45, 2.75) is 57.7 Å². The molecule has 4 nitrogen and oxygen atoms in total. The van der Waals surface area contributed by atoms with Crippen LogP contribution < -0.4 is 5.32 Å². The molecule has 19 heavy (non-hydrogen) atoms. The maximum absolute atomic E-state index is 9.34. The highest BCUT2D eigenvalue weighted by molar-refractivity contribution is 5.04. The molecular formula is C15H30N4. The lowest BCUT2D eigenvalue weighted by Gasteiger charge is -2.36. The first-order chi connectivity index (χ1) is 8.86. The number of hydrogen-bond donors (Lipinski definition) is 1. The summed E-state index contributed by atoms with van der Waals surface area (Å²) in [6.07, 6.45) is 3.38. The zero-order chi connectivity index (χ0) is 14.5. The second-order valence-electron chi connectivity index (χ2n) is 6.53. The molecule has 1 aliphatic rings. The summed E-state index contributed by atoms with van der Waals surface area (Å²) in [6.45, 7) is 9.54. The number of nitrogens with zero attached hydrogens (tertiary/aromatic N) is 3. The molecule has 1 N–H and O–H groups in total. The first-order valence-corrected chi connectivity index (χ1v) is 7.44. The van der Waals surface area contributed by atoms with E-state index in [1.165, 1.54) is 12.8 Å². The van der Waals surface area contributed by atoms with Gasteiger partial charge in [-0.25, -0.2) is 0 Å². The Morgan fingerprint density at radius 3 is 2.37 bits per heavy atom. The van der Waals surface area contributed by atoms with Gasteiger partial charge in [0, 0.05) is 18.6 Å². The molecule has 1 rings (SSSR count). The summed E-state index contributed by atoms with van der Waals surface area (Å²) in [7, 11) is 4.33. The van der Waals surface area contributed by atoms with Crippen molar-refractivity contribution in [1.29, 1.82) is 5.26 Å². The molecule has 0 aromatic rings. The van der Waals surface area contributed by atoms with E-state index in [1.54, 1.807) is 0 Å². The third-order valence-corrected chi connectivity index (χ3v) is 4.07. The zero-order valence-corrected chi connectivity index (χ0v) is 13.2. The first-order valence-electron chi connectivity index (χ1n) is 7.44. The van der Waals surface area contributed by atoms with E-state index >= 15 is 0 Å². The van der Waals surface area contributed by atoms with E-state index in [-0.39, 0.29) is 0 Å². The van der Waals surface area contributed by atoms with Crippen LogP contribution in [0.5, 0.6) is 0 Å². The molecule has 0 radical (unpaired) electrons. The lowest BCUT2D eigenvalue weighted by molar-refractivity contribution is 0.137. The van der Waals surface area contributed by atoms with Gasteiger partial charge in [-0.3, -0.25) is 5.32 Å². The highest BCUT2D eigenvalue weighted by atomic mass is 15.2. The highest BCUT2D eigenvalue weighted by Gasteiger charge is 2.27. The largest absolute Gasteiger partial charge is 0.306 e. The van der Waals surface area contributed by atoms with E-state index in [0.717, 1.165) is 32.1 Å². The van der Waals surface area contributed by atoms with Gasteiger partial charge in [-0.2, -0.15) is 5.26 Å². The summed E-state index contributed by atoms with van der Waals surface area (Å²) < 4.78 is 0. The lowest BCUT2D eigenvalue weighted by Crippen LogP contribution is -2.48. The van der Waals surface area contributed by atoms with Gasteiger partial charge < -0.3 is 9.80 Å². The Morgan fingerprint density at radius 1 is 1.37 bits per heavy atom. The van der Waals surface area contributed by atoms with Crippen LogP contribution in [0.15, 0.2) is 0 Å². The normalized spacial score (nSPS) is 21.6. The first kappa shape index (κ1) is 16.4. The molecule has 1 saturated heterocycles. The van der Waals surface area contributed by atoms with E-state index in [4.69, 9.17) is 0 Å². The fraction of sp³-hybridized carbons (Fsp3) is 0.933.